The average Bonchev–Trinajstić information content (AvgIpc) is 2.29. The van der Waals surface area contributed by atoms with Gasteiger partial charge in [0.25, 0.3) is 0 Å². The number of carbonyl (C=O) groups excluding carboxylic acids is 1. The van der Waals surface area contributed by atoms with E-state index >= 15 is 0 Å². The Hall–Kier alpha value is -1.77. The van der Waals surface area contributed by atoms with E-state index in [-0.39, 0.29) is 5.91 Å². The zero-order valence-electron chi connectivity index (χ0n) is 10.5. The number of hydrogen-bond acceptors (Lipinski definition) is 2. The van der Waals surface area contributed by atoms with Gasteiger partial charge in [-0.05, 0) is 25.5 Å². The van der Waals surface area contributed by atoms with Crippen molar-refractivity contribution in [2.75, 3.05) is 13.2 Å². The van der Waals surface area contributed by atoms with Crippen molar-refractivity contribution in [2.45, 2.75) is 20.3 Å². The first-order chi connectivity index (χ1) is 8.13. The molecule has 1 aromatic rings. The van der Waals surface area contributed by atoms with Gasteiger partial charge in [0, 0.05) is 6.54 Å². The SMILES string of the molecule is C=CCNC(=O)CCOc1ccc(C)cc1C. The van der Waals surface area contributed by atoms with E-state index in [9.17, 15) is 4.79 Å². The van der Waals surface area contributed by atoms with E-state index in [2.05, 4.69) is 18.0 Å². The molecule has 0 bridgehead atoms. The van der Waals surface area contributed by atoms with Gasteiger partial charge in [0.2, 0.25) is 5.91 Å². The van der Waals surface area contributed by atoms with Crippen molar-refractivity contribution in [1.82, 2.24) is 5.32 Å². The summed E-state index contributed by atoms with van der Waals surface area (Å²) in [5.41, 5.74) is 2.30. The average molecular weight is 233 g/mol. The van der Waals surface area contributed by atoms with Crippen LogP contribution in [0.15, 0.2) is 30.9 Å². The van der Waals surface area contributed by atoms with Gasteiger partial charge in [-0.25, -0.2) is 0 Å². The highest BCUT2D eigenvalue weighted by Gasteiger charge is 2.02. The van der Waals surface area contributed by atoms with Crippen LogP contribution in [0.1, 0.15) is 17.5 Å². The number of amides is 1. The molecule has 0 unspecified atom stereocenters. The largest absolute Gasteiger partial charge is 0.493 e. The Kier molecular flexibility index (Phi) is 5.27. The minimum atomic E-state index is -0.0188. The van der Waals surface area contributed by atoms with E-state index in [1.807, 2.05) is 26.0 Å². The number of carbonyl (C=O) groups is 1. The van der Waals surface area contributed by atoms with Crippen LogP contribution < -0.4 is 10.1 Å². The van der Waals surface area contributed by atoms with Crippen LogP contribution >= 0.6 is 0 Å². The molecule has 3 nitrogen and oxygen atoms in total. The smallest absolute Gasteiger partial charge is 0.223 e. The van der Waals surface area contributed by atoms with Gasteiger partial charge in [0.1, 0.15) is 5.75 Å². The predicted octanol–water partition coefficient (Wildman–Crippen LogP) is 2.37. The van der Waals surface area contributed by atoms with Crippen LogP contribution in [0, 0.1) is 13.8 Å². The molecule has 0 heterocycles. The Balaban J connectivity index is 2.35. The summed E-state index contributed by atoms with van der Waals surface area (Å²) in [6.45, 7) is 8.47. The summed E-state index contributed by atoms with van der Waals surface area (Å²) in [4.78, 5) is 11.3. The third-order valence-electron chi connectivity index (χ3n) is 2.36. The van der Waals surface area contributed by atoms with Crippen LogP contribution in [0.2, 0.25) is 0 Å². The van der Waals surface area contributed by atoms with E-state index in [4.69, 9.17) is 4.74 Å². The number of aryl methyl sites for hydroxylation is 2. The molecule has 0 aliphatic heterocycles. The van der Waals surface area contributed by atoms with Crippen molar-refractivity contribution >= 4 is 5.91 Å². The molecule has 1 rings (SSSR count). The Morgan fingerprint density at radius 1 is 1.47 bits per heavy atom. The molecule has 0 aliphatic rings. The lowest BCUT2D eigenvalue weighted by molar-refractivity contribution is -0.121. The van der Waals surface area contributed by atoms with E-state index in [0.29, 0.717) is 19.6 Å². The van der Waals surface area contributed by atoms with Gasteiger partial charge in [-0.3, -0.25) is 4.79 Å². The highest BCUT2D eigenvalue weighted by atomic mass is 16.5. The van der Waals surface area contributed by atoms with Gasteiger partial charge in [0.05, 0.1) is 13.0 Å². The summed E-state index contributed by atoms with van der Waals surface area (Å²) in [6, 6.07) is 6.00. The fourth-order valence-corrected chi connectivity index (χ4v) is 1.49. The number of nitrogens with one attached hydrogen (secondary N) is 1. The lowest BCUT2D eigenvalue weighted by atomic mass is 10.1. The number of benzene rings is 1. The van der Waals surface area contributed by atoms with Crippen molar-refractivity contribution in [3.05, 3.63) is 42.0 Å². The minimum Gasteiger partial charge on any atom is -0.493 e. The van der Waals surface area contributed by atoms with Gasteiger partial charge >= 0.3 is 0 Å². The van der Waals surface area contributed by atoms with Crippen LogP contribution in [0.25, 0.3) is 0 Å². The van der Waals surface area contributed by atoms with Crippen molar-refractivity contribution in [1.29, 1.82) is 0 Å². The third kappa shape index (κ3) is 4.72. The highest BCUT2D eigenvalue weighted by molar-refractivity contribution is 5.76. The second-order valence-electron chi connectivity index (χ2n) is 3.96. The standard InChI is InChI=1S/C14H19NO2/c1-4-8-15-14(16)7-9-17-13-6-5-11(2)10-12(13)3/h4-6,10H,1,7-9H2,2-3H3,(H,15,16). The number of rotatable bonds is 6. The monoisotopic (exact) mass is 233 g/mol. The van der Waals surface area contributed by atoms with E-state index in [1.54, 1.807) is 6.08 Å². The molecule has 1 N–H and O–H groups in total. The molecule has 0 radical (unpaired) electrons. The van der Waals surface area contributed by atoms with Gasteiger partial charge in [-0.15, -0.1) is 6.58 Å². The summed E-state index contributed by atoms with van der Waals surface area (Å²) in [6.07, 6.45) is 2.02. The normalized spacial score (nSPS) is 9.76. The molecule has 1 amide bonds. The quantitative estimate of drug-likeness (QED) is 0.766. The molecule has 0 saturated carbocycles. The molecule has 1 aromatic carbocycles. The molecule has 0 atom stereocenters. The zero-order valence-corrected chi connectivity index (χ0v) is 10.5. The van der Waals surface area contributed by atoms with Gasteiger partial charge < -0.3 is 10.1 Å². The lowest BCUT2D eigenvalue weighted by Gasteiger charge is -2.09. The number of ether oxygens (including phenoxy) is 1. The van der Waals surface area contributed by atoms with Crippen LogP contribution in [0.4, 0.5) is 0 Å². The van der Waals surface area contributed by atoms with Gasteiger partial charge in [0.15, 0.2) is 0 Å². The zero-order chi connectivity index (χ0) is 12.7. The molecule has 3 heteroatoms. The summed E-state index contributed by atoms with van der Waals surface area (Å²) in [7, 11) is 0. The Morgan fingerprint density at radius 2 is 2.24 bits per heavy atom. The molecule has 92 valence electrons. The van der Waals surface area contributed by atoms with E-state index in [1.165, 1.54) is 5.56 Å². The molecule has 0 saturated heterocycles. The summed E-state index contributed by atoms with van der Waals surface area (Å²) < 4.78 is 5.56. The molecule has 0 spiro atoms. The maximum Gasteiger partial charge on any atom is 0.223 e. The Morgan fingerprint density at radius 3 is 2.88 bits per heavy atom. The molecule has 17 heavy (non-hydrogen) atoms. The number of hydrogen-bond donors (Lipinski definition) is 1. The predicted molar refractivity (Wildman–Crippen MR) is 69.2 cm³/mol. The molecule has 0 fully saturated rings. The molecule has 0 aliphatic carbocycles. The van der Waals surface area contributed by atoms with Gasteiger partial charge in [-0.1, -0.05) is 23.8 Å². The van der Waals surface area contributed by atoms with Crippen molar-refractivity contribution in [2.24, 2.45) is 0 Å². The van der Waals surface area contributed by atoms with Crippen LogP contribution in [-0.2, 0) is 4.79 Å². The fourth-order valence-electron chi connectivity index (χ4n) is 1.49. The first-order valence-electron chi connectivity index (χ1n) is 5.71. The van der Waals surface area contributed by atoms with E-state index < -0.39 is 0 Å². The van der Waals surface area contributed by atoms with Crippen molar-refractivity contribution in [3.8, 4) is 5.75 Å². The Bertz CT molecular complexity index is 399. The first-order valence-corrected chi connectivity index (χ1v) is 5.71. The second kappa shape index (κ2) is 6.74. The van der Waals surface area contributed by atoms with Crippen molar-refractivity contribution < 1.29 is 9.53 Å². The van der Waals surface area contributed by atoms with Crippen LogP contribution in [-0.4, -0.2) is 19.1 Å². The maximum atomic E-state index is 11.3. The maximum absolute atomic E-state index is 11.3. The molecule has 0 aromatic heterocycles. The lowest BCUT2D eigenvalue weighted by Crippen LogP contribution is -2.24. The van der Waals surface area contributed by atoms with Gasteiger partial charge in [-0.2, -0.15) is 0 Å². The molecular formula is C14H19NO2. The second-order valence-corrected chi connectivity index (χ2v) is 3.96. The summed E-state index contributed by atoms with van der Waals surface area (Å²) in [5, 5.41) is 2.71. The van der Waals surface area contributed by atoms with Crippen LogP contribution in [0.3, 0.4) is 0 Å². The van der Waals surface area contributed by atoms with E-state index in [0.717, 1.165) is 11.3 Å². The topological polar surface area (TPSA) is 38.3 Å². The minimum absolute atomic E-state index is 0.0188. The van der Waals surface area contributed by atoms with Crippen LogP contribution in [0.5, 0.6) is 5.75 Å². The van der Waals surface area contributed by atoms with Crippen molar-refractivity contribution in [3.63, 3.8) is 0 Å². The first kappa shape index (κ1) is 13.3. The third-order valence-corrected chi connectivity index (χ3v) is 2.36. The molecular weight excluding hydrogens is 214 g/mol. The Labute approximate surface area is 102 Å². The highest BCUT2D eigenvalue weighted by Crippen LogP contribution is 2.18. The fraction of sp³-hybridized carbons (Fsp3) is 0.357. The summed E-state index contributed by atoms with van der Waals surface area (Å²) >= 11 is 0. The summed E-state index contributed by atoms with van der Waals surface area (Å²) in [5.74, 6) is 0.821.